The molecule has 0 aliphatic rings. The average molecular weight is 281 g/mol. The molecule has 0 radical (unpaired) electrons. The van der Waals surface area contributed by atoms with E-state index >= 15 is 0 Å². The maximum atomic E-state index is 13.4. The number of nitrogens with one attached hydrogen (secondary N) is 1. The van der Waals surface area contributed by atoms with Gasteiger partial charge >= 0.3 is 0 Å². The second-order valence-corrected chi connectivity index (χ2v) is 5.95. The van der Waals surface area contributed by atoms with Crippen LogP contribution in [0.4, 0.5) is 4.39 Å². The Hall–Kier alpha value is -0.690. The smallest absolute Gasteiger partial charge is 0.240 e. The predicted molar refractivity (Wildman–Crippen MR) is 64.8 cm³/mol. The zero-order valence-electron chi connectivity index (χ0n) is 9.50. The fourth-order valence-corrected chi connectivity index (χ4v) is 2.80. The normalized spacial score (nSPS) is 12.1. The summed E-state index contributed by atoms with van der Waals surface area (Å²) < 4.78 is 39.4. The molecule has 0 aromatic heterocycles. The first-order valence-corrected chi connectivity index (χ1v) is 6.84. The van der Waals surface area contributed by atoms with Gasteiger partial charge in [-0.25, -0.2) is 17.5 Å². The van der Waals surface area contributed by atoms with E-state index in [2.05, 4.69) is 4.72 Å². The molecule has 17 heavy (non-hydrogen) atoms. The van der Waals surface area contributed by atoms with Crippen molar-refractivity contribution in [3.05, 3.63) is 28.5 Å². The summed E-state index contributed by atoms with van der Waals surface area (Å²) in [5.41, 5.74) is 5.63. The van der Waals surface area contributed by atoms with Crippen molar-refractivity contribution in [1.29, 1.82) is 0 Å². The van der Waals surface area contributed by atoms with Gasteiger partial charge in [-0.3, -0.25) is 0 Å². The lowest BCUT2D eigenvalue weighted by Gasteiger charge is -2.11. The first-order chi connectivity index (χ1) is 7.77. The Morgan fingerprint density at radius 3 is 2.53 bits per heavy atom. The summed E-state index contributed by atoms with van der Waals surface area (Å²) in [7, 11) is -3.74. The molecular formula is C10H14ClFN2O2S. The van der Waals surface area contributed by atoms with E-state index in [9.17, 15) is 12.8 Å². The van der Waals surface area contributed by atoms with E-state index in [-0.39, 0.29) is 28.1 Å². The number of hydrogen-bond donors (Lipinski definition) is 2. The Morgan fingerprint density at radius 2 is 2.06 bits per heavy atom. The molecular weight excluding hydrogens is 267 g/mol. The third kappa shape index (κ3) is 3.38. The fourth-order valence-electron chi connectivity index (χ4n) is 1.30. The Bertz CT molecular complexity index is 517. The van der Waals surface area contributed by atoms with Crippen molar-refractivity contribution >= 4 is 21.6 Å². The number of hydrogen-bond acceptors (Lipinski definition) is 3. The molecule has 0 heterocycles. The molecule has 0 spiro atoms. The van der Waals surface area contributed by atoms with E-state index in [1.165, 1.54) is 6.07 Å². The van der Waals surface area contributed by atoms with Crippen LogP contribution >= 0.6 is 11.6 Å². The molecule has 0 amide bonds. The lowest BCUT2D eigenvalue weighted by atomic mass is 10.2. The molecule has 0 aliphatic heterocycles. The molecule has 0 bridgehead atoms. The number of sulfonamides is 1. The molecule has 3 N–H and O–H groups in total. The molecule has 96 valence electrons. The molecule has 1 aromatic carbocycles. The standard InChI is InChI=1S/C10H14ClFN2O2S/c1-6(2)14-17(15,16)8-3-7(5-13)10(11)9(12)4-8/h3-4,6,14H,5,13H2,1-2H3. The van der Waals surface area contributed by atoms with Gasteiger partial charge in [-0.1, -0.05) is 11.6 Å². The quantitative estimate of drug-likeness (QED) is 0.880. The molecule has 0 fully saturated rings. The predicted octanol–water partition coefficient (Wildman–Crippen LogP) is 1.62. The van der Waals surface area contributed by atoms with E-state index < -0.39 is 15.8 Å². The highest BCUT2D eigenvalue weighted by atomic mass is 35.5. The molecule has 1 aromatic rings. The fraction of sp³-hybridized carbons (Fsp3) is 0.400. The van der Waals surface area contributed by atoms with Gasteiger partial charge < -0.3 is 5.73 Å². The van der Waals surface area contributed by atoms with Gasteiger partial charge in [0.25, 0.3) is 0 Å². The van der Waals surface area contributed by atoms with Crippen LogP contribution in [0.1, 0.15) is 19.4 Å². The minimum absolute atomic E-state index is 0.0270. The Labute approximate surface area is 105 Å². The van der Waals surface area contributed by atoms with Gasteiger partial charge in [0.1, 0.15) is 5.82 Å². The van der Waals surface area contributed by atoms with Crippen molar-refractivity contribution in [2.24, 2.45) is 5.73 Å². The molecule has 7 heteroatoms. The van der Waals surface area contributed by atoms with Crippen molar-refractivity contribution in [3.8, 4) is 0 Å². The molecule has 1 rings (SSSR count). The SMILES string of the molecule is CC(C)NS(=O)(=O)c1cc(F)c(Cl)c(CN)c1. The van der Waals surface area contributed by atoms with E-state index in [4.69, 9.17) is 17.3 Å². The maximum Gasteiger partial charge on any atom is 0.240 e. The highest BCUT2D eigenvalue weighted by Gasteiger charge is 2.19. The third-order valence-electron chi connectivity index (χ3n) is 2.00. The molecule has 0 atom stereocenters. The van der Waals surface area contributed by atoms with Crippen LogP contribution in [-0.2, 0) is 16.6 Å². The minimum Gasteiger partial charge on any atom is -0.326 e. The Morgan fingerprint density at radius 1 is 1.47 bits per heavy atom. The zero-order chi connectivity index (χ0) is 13.2. The largest absolute Gasteiger partial charge is 0.326 e. The molecule has 0 unspecified atom stereocenters. The second kappa shape index (κ2) is 5.30. The first-order valence-electron chi connectivity index (χ1n) is 4.98. The summed E-state index contributed by atoms with van der Waals surface area (Å²) in [5.74, 6) is -0.793. The van der Waals surface area contributed by atoms with Crippen molar-refractivity contribution in [2.75, 3.05) is 0 Å². The number of halogens is 2. The monoisotopic (exact) mass is 280 g/mol. The van der Waals surface area contributed by atoms with E-state index in [0.29, 0.717) is 0 Å². The van der Waals surface area contributed by atoms with Crippen molar-refractivity contribution in [1.82, 2.24) is 4.72 Å². The van der Waals surface area contributed by atoms with Crippen LogP contribution in [0.5, 0.6) is 0 Å². The zero-order valence-corrected chi connectivity index (χ0v) is 11.1. The summed E-state index contributed by atoms with van der Waals surface area (Å²) in [6.07, 6.45) is 0. The van der Waals surface area contributed by atoms with Crippen LogP contribution in [0, 0.1) is 5.82 Å². The average Bonchev–Trinajstić information content (AvgIpc) is 2.19. The van der Waals surface area contributed by atoms with Gasteiger partial charge in [-0.05, 0) is 31.5 Å². The lowest BCUT2D eigenvalue weighted by Crippen LogP contribution is -2.30. The van der Waals surface area contributed by atoms with Crippen molar-refractivity contribution in [2.45, 2.75) is 31.3 Å². The van der Waals surface area contributed by atoms with E-state index in [1.807, 2.05) is 0 Å². The lowest BCUT2D eigenvalue weighted by molar-refractivity contribution is 0.566. The Kier molecular flexibility index (Phi) is 4.48. The van der Waals surface area contributed by atoms with Gasteiger partial charge in [0.05, 0.1) is 9.92 Å². The maximum absolute atomic E-state index is 13.4. The van der Waals surface area contributed by atoms with Crippen LogP contribution in [0.25, 0.3) is 0 Å². The van der Waals surface area contributed by atoms with Gasteiger partial charge in [-0.15, -0.1) is 0 Å². The van der Waals surface area contributed by atoms with Crippen LogP contribution in [0.3, 0.4) is 0 Å². The Balaban J connectivity index is 3.29. The van der Waals surface area contributed by atoms with Crippen LogP contribution in [0.2, 0.25) is 5.02 Å². The van der Waals surface area contributed by atoms with E-state index in [1.54, 1.807) is 13.8 Å². The van der Waals surface area contributed by atoms with Gasteiger partial charge in [0.2, 0.25) is 10.0 Å². The summed E-state index contributed by atoms with van der Waals surface area (Å²) in [4.78, 5) is -0.173. The van der Waals surface area contributed by atoms with Crippen LogP contribution in [-0.4, -0.2) is 14.5 Å². The van der Waals surface area contributed by atoms with Gasteiger partial charge in [0.15, 0.2) is 0 Å². The van der Waals surface area contributed by atoms with Crippen molar-refractivity contribution < 1.29 is 12.8 Å². The topological polar surface area (TPSA) is 72.2 Å². The molecule has 4 nitrogen and oxygen atoms in total. The van der Waals surface area contributed by atoms with E-state index in [0.717, 1.165) is 6.07 Å². The van der Waals surface area contributed by atoms with Crippen molar-refractivity contribution in [3.63, 3.8) is 0 Å². The minimum atomic E-state index is -3.74. The van der Waals surface area contributed by atoms with Gasteiger partial charge in [-0.2, -0.15) is 0 Å². The van der Waals surface area contributed by atoms with Crippen LogP contribution in [0.15, 0.2) is 17.0 Å². The highest BCUT2D eigenvalue weighted by molar-refractivity contribution is 7.89. The first kappa shape index (κ1) is 14.4. The summed E-state index contributed by atoms with van der Waals surface area (Å²) in [5, 5.41) is -0.143. The summed E-state index contributed by atoms with van der Waals surface area (Å²) in [6, 6.07) is 1.88. The second-order valence-electron chi connectivity index (χ2n) is 3.86. The highest BCUT2D eigenvalue weighted by Crippen LogP contribution is 2.24. The van der Waals surface area contributed by atoms with Crippen LogP contribution < -0.4 is 10.5 Å². The number of nitrogens with two attached hydrogens (primary N) is 1. The van der Waals surface area contributed by atoms with Gasteiger partial charge in [0, 0.05) is 12.6 Å². The molecule has 0 saturated heterocycles. The third-order valence-corrected chi connectivity index (χ3v) is 4.06. The molecule has 0 aliphatic carbocycles. The number of rotatable bonds is 4. The summed E-state index contributed by atoms with van der Waals surface area (Å²) >= 11 is 5.65. The number of benzene rings is 1. The molecule has 0 saturated carbocycles. The summed E-state index contributed by atoms with van der Waals surface area (Å²) in [6.45, 7) is 3.32.